The number of nitrogens with zero attached hydrogens (tertiary/aromatic N) is 1. The molecule has 2 N–H and O–H groups in total. The first-order valence-electron chi connectivity index (χ1n) is 7.16. The first kappa shape index (κ1) is 12.4. The third kappa shape index (κ3) is 3.24. The maximum Gasteiger partial charge on any atom is 0.129 e. The van der Waals surface area contributed by atoms with Crippen LogP contribution in [0.5, 0.6) is 0 Å². The number of anilines is 1. The molecule has 0 spiro atoms. The Hall–Kier alpha value is -1.61. The van der Waals surface area contributed by atoms with Crippen molar-refractivity contribution < 1.29 is 0 Å². The number of aromatic nitrogens is 1. The fraction of sp³-hybridized carbons (Fsp3) is 0.438. The lowest BCUT2D eigenvalue weighted by Gasteiger charge is -2.10. The summed E-state index contributed by atoms with van der Waals surface area (Å²) >= 11 is 0. The Balaban J connectivity index is 1.58. The van der Waals surface area contributed by atoms with Crippen molar-refractivity contribution in [1.29, 1.82) is 0 Å². The van der Waals surface area contributed by atoms with Crippen molar-refractivity contribution in [1.82, 2.24) is 10.3 Å². The maximum atomic E-state index is 4.69. The Morgan fingerprint density at radius 1 is 1.21 bits per heavy atom. The van der Waals surface area contributed by atoms with Gasteiger partial charge < -0.3 is 10.6 Å². The fourth-order valence-electron chi connectivity index (χ4n) is 2.29. The molecule has 3 heteroatoms. The van der Waals surface area contributed by atoms with E-state index < -0.39 is 0 Å². The van der Waals surface area contributed by atoms with Crippen LogP contribution in [0.2, 0.25) is 0 Å². The molecule has 0 saturated heterocycles. The number of hydrogen-bond acceptors (Lipinski definition) is 3. The Morgan fingerprint density at radius 3 is 2.89 bits per heavy atom. The molecule has 1 aliphatic carbocycles. The molecule has 2 aromatic rings. The molecule has 1 heterocycles. The van der Waals surface area contributed by atoms with E-state index in [0.717, 1.165) is 36.9 Å². The Morgan fingerprint density at radius 2 is 2.05 bits per heavy atom. The van der Waals surface area contributed by atoms with Crippen LogP contribution in [-0.4, -0.2) is 24.1 Å². The minimum absolute atomic E-state index is 0.806. The maximum absolute atomic E-state index is 4.69. The van der Waals surface area contributed by atoms with E-state index in [2.05, 4.69) is 46.8 Å². The largest absolute Gasteiger partial charge is 0.370 e. The van der Waals surface area contributed by atoms with Crippen molar-refractivity contribution in [2.24, 2.45) is 0 Å². The SMILES string of the molecule is Cc1cc2ccccc2nc1NCCCNC1CC1. The zero-order valence-electron chi connectivity index (χ0n) is 11.4. The van der Waals surface area contributed by atoms with Gasteiger partial charge in [-0.25, -0.2) is 4.98 Å². The fourth-order valence-corrected chi connectivity index (χ4v) is 2.29. The zero-order valence-corrected chi connectivity index (χ0v) is 11.4. The normalized spacial score (nSPS) is 14.8. The summed E-state index contributed by atoms with van der Waals surface area (Å²) in [7, 11) is 0. The van der Waals surface area contributed by atoms with E-state index in [1.807, 2.05) is 6.07 Å². The van der Waals surface area contributed by atoms with Gasteiger partial charge in [-0.05, 0) is 50.4 Å². The van der Waals surface area contributed by atoms with Crippen molar-refractivity contribution in [3.8, 4) is 0 Å². The molecular formula is C16H21N3. The van der Waals surface area contributed by atoms with Crippen LogP contribution in [0.15, 0.2) is 30.3 Å². The highest BCUT2D eigenvalue weighted by molar-refractivity contribution is 5.81. The van der Waals surface area contributed by atoms with Crippen LogP contribution in [0.1, 0.15) is 24.8 Å². The zero-order chi connectivity index (χ0) is 13.1. The van der Waals surface area contributed by atoms with E-state index in [-0.39, 0.29) is 0 Å². The van der Waals surface area contributed by atoms with Gasteiger partial charge >= 0.3 is 0 Å². The topological polar surface area (TPSA) is 37.0 Å². The summed E-state index contributed by atoms with van der Waals surface area (Å²) in [6.07, 6.45) is 3.86. The molecular weight excluding hydrogens is 234 g/mol. The highest BCUT2D eigenvalue weighted by atomic mass is 15.0. The highest BCUT2D eigenvalue weighted by Gasteiger charge is 2.19. The Labute approximate surface area is 114 Å². The number of rotatable bonds is 6. The van der Waals surface area contributed by atoms with Gasteiger partial charge in [0, 0.05) is 18.0 Å². The first-order chi connectivity index (χ1) is 9.33. The van der Waals surface area contributed by atoms with Crippen LogP contribution in [0.25, 0.3) is 10.9 Å². The van der Waals surface area contributed by atoms with E-state index in [9.17, 15) is 0 Å². The van der Waals surface area contributed by atoms with Crippen LogP contribution in [0.4, 0.5) is 5.82 Å². The Kier molecular flexibility index (Phi) is 3.65. The molecule has 0 amide bonds. The number of para-hydroxylation sites is 1. The highest BCUT2D eigenvalue weighted by Crippen LogP contribution is 2.20. The molecule has 1 aliphatic rings. The summed E-state index contributed by atoms with van der Waals surface area (Å²) in [4.78, 5) is 4.69. The summed E-state index contributed by atoms with van der Waals surface area (Å²) < 4.78 is 0. The lowest BCUT2D eigenvalue weighted by molar-refractivity contribution is 0.658. The molecule has 0 atom stereocenters. The van der Waals surface area contributed by atoms with Crippen LogP contribution in [0, 0.1) is 6.92 Å². The van der Waals surface area contributed by atoms with Gasteiger partial charge in [0.15, 0.2) is 0 Å². The van der Waals surface area contributed by atoms with Crippen molar-refractivity contribution in [3.63, 3.8) is 0 Å². The number of hydrogen-bond donors (Lipinski definition) is 2. The standard InChI is InChI=1S/C16H21N3/c1-12-11-13-5-2-3-6-15(13)19-16(12)18-10-4-9-17-14-7-8-14/h2-3,5-6,11,14,17H,4,7-10H2,1H3,(H,18,19). The second kappa shape index (κ2) is 5.57. The minimum Gasteiger partial charge on any atom is -0.370 e. The summed E-state index contributed by atoms with van der Waals surface area (Å²) in [6.45, 7) is 4.19. The summed E-state index contributed by atoms with van der Waals surface area (Å²) in [5, 5.41) is 8.18. The van der Waals surface area contributed by atoms with E-state index in [1.54, 1.807) is 0 Å². The minimum atomic E-state index is 0.806. The molecule has 0 aliphatic heterocycles. The summed E-state index contributed by atoms with van der Waals surface area (Å²) in [6, 6.07) is 11.3. The molecule has 1 aromatic carbocycles. The molecule has 1 aromatic heterocycles. The Bertz CT molecular complexity index is 561. The third-order valence-electron chi connectivity index (χ3n) is 3.57. The first-order valence-corrected chi connectivity index (χ1v) is 7.16. The van der Waals surface area contributed by atoms with Gasteiger partial charge in [-0.3, -0.25) is 0 Å². The van der Waals surface area contributed by atoms with Crippen LogP contribution < -0.4 is 10.6 Å². The van der Waals surface area contributed by atoms with Gasteiger partial charge in [0.25, 0.3) is 0 Å². The molecule has 0 unspecified atom stereocenters. The summed E-state index contributed by atoms with van der Waals surface area (Å²) in [5.74, 6) is 1.02. The van der Waals surface area contributed by atoms with Gasteiger partial charge in [0.2, 0.25) is 0 Å². The van der Waals surface area contributed by atoms with Gasteiger partial charge in [0.05, 0.1) is 5.52 Å². The van der Waals surface area contributed by atoms with Gasteiger partial charge in [-0.2, -0.15) is 0 Å². The molecule has 1 fully saturated rings. The number of aryl methyl sites for hydroxylation is 1. The second-order valence-corrected chi connectivity index (χ2v) is 5.36. The average Bonchev–Trinajstić information content (AvgIpc) is 3.23. The van der Waals surface area contributed by atoms with Crippen molar-refractivity contribution in [2.75, 3.05) is 18.4 Å². The monoisotopic (exact) mass is 255 g/mol. The lowest BCUT2D eigenvalue weighted by atomic mass is 10.1. The number of pyridine rings is 1. The lowest BCUT2D eigenvalue weighted by Crippen LogP contribution is -2.20. The van der Waals surface area contributed by atoms with E-state index >= 15 is 0 Å². The van der Waals surface area contributed by atoms with Crippen LogP contribution >= 0.6 is 0 Å². The number of fused-ring (bicyclic) bond motifs is 1. The quantitative estimate of drug-likeness (QED) is 0.779. The van der Waals surface area contributed by atoms with Gasteiger partial charge in [-0.1, -0.05) is 18.2 Å². The van der Waals surface area contributed by atoms with Gasteiger partial charge in [-0.15, -0.1) is 0 Å². The van der Waals surface area contributed by atoms with E-state index in [4.69, 9.17) is 0 Å². The molecule has 100 valence electrons. The third-order valence-corrected chi connectivity index (χ3v) is 3.57. The average molecular weight is 255 g/mol. The predicted molar refractivity (Wildman–Crippen MR) is 80.6 cm³/mol. The molecule has 19 heavy (non-hydrogen) atoms. The van der Waals surface area contributed by atoms with Crippen LogP contribution in [0.3, 0.4) is 0 Å². The molecule has 0 bridgehead atoms. The molecule has 1 saturated carbocycles. The van der Waals surface area contributed by atoms with E-state index in [0.29, 0.717) is 0 Å². The molecule has 3 rings (SSSR count). The van der Waals surface area contributed by atoms with Crippen molar-refractivity contribution in [2.45, 2.75) is 32.2 Å². The van der Waals surface area contributed by atoms with Crippen LogP contribution in [-0.2, 0) is 0 Å². The van der Waals surface area contributed by atoms with Gasteiger partial charge in [0.1, 0.15) is 5.82 Å². The van der Waals surface area contributed by atoms with E-state index in [1.165, 1.54) is 23.8 Å². The summed E-state index contributed by atoms with van der Waals surface area (Å²) in [5.41, 5.74) is 2.28. The number of benzene rings is 1. The second-order valence-electron chi connectivity index (χ2n) is 5.36. The molecule has 0 radical (unpaired) electrons. The number of nitrogens with one attached hydrogen (secondary N) is 2. The smallest absolute Gasteiger partial charge is 0.129 e. The predicted octanol–water partition coefficient (Wildman–Crippen LogP) is 3.10. The van der Waals surface area contributed by atoms with Crippen molar-refractivity contribution in [3.05, 3.63) is 35.9 Å². The van der Waals surface area contributed by atoms with Crippen molar-refractivity contribution >= 4 is 16.7 Å². The molecule has 3 nitrogen and oxygen atoms in total.